The third-order valence-corrected chi connectivity index (χ3v) is 4.98. The number of rotatable bonds is 11. The zero-order chi connectivity index (χ0) is 12.2. The summed E-state index contributed by atoms with van der Waals surface area (Å²) in [5.41, 5.74) is 0. The van der Waals surface area contributed by atoms with Crippen molar-refractivity contribution in [2.75, 3.05) is 28.4 Å². The van der Waals surface area contributed by atoms with Gasteiger partial charge in [-0.05, 0) is 0 Å². The van der Waals surface area contributed by atoms with Gasteiger partial charge in [-0.1, -0.05) is 24.9 Å². The number of hydrogen-bond donors (Lipinski definition) is 0. The summed E-state index contributed by atoms with van der Waals surface area (Å²) in [7, 11) is 8.19. The molecule has 0 spiro atoms. The maximum Gasteiger partial charge on any atom is 0.136 e. The van der Waals surface area contributed by atoms with Gasteiger partial charge in [0.05, 0.1) is 0 Å². The second-order valence-electron chi connectivity index (χ2n) is 3.22. The monoisotopic (exact) mass is 262 g/mol. The Labute approximate surface area is 104 Å². The zero-order valence-electron chi connectivity index (χ0n) is 10.6. The van der Waals surface area contributed by atoms with Gasteiger partial charge in [-0.3, -0.25) is 0 Å². The van der Waals surface area contributed by atoms with Crippen LogP contribution in [0.15, 0.2) is 0 Å². The lowest BCUT2D eigenvalue weighted by Crippen LogP contribution is -2.22. The molecule has 16 heavy (non-hydrogen) atoms. The van der Waals surface area contributed by atoms with Crippen molar-refractivity contribution in [2.45, 2.75) is 36.8 Å². The lowest BCUT2D eigenvalue weighted by atomic mass is 10.4. The highest BCUT2D eigenvalue weighted by Gasteiger charge is 2.07. The SMILES string of the molecule is COC(OC)[Si]CCCC[Si]C(OC)OC. The van der Waals surface area contributed by atoms with Gasteiger partial charge in [0.25, 0.3) is 0 Å². The van der Waals surface area contributed by atoms with Crippen molar-refractivity contribution >= 4 is 19.0 Å². The predicted octanol–water partition coefficient (Wildman–Crippen LogP) is 1.16. The molecule has 4 radical (unpaired) electrons. The predicted molar refractivity (Wildman–Crippen MR) is 66.0 cm³/mol. The van der Waals surface area contributed by atoms with Crippen molar-refractivity contribution in [1.82, 2.24) is 0 Å². The van der Waals surface area contributed by atoms with Crippen LogP contribution in [0.4, 0.5) is 0 Å². The smallest absolute Gasteiger partial charge is 0.136 e. The molecule has 94 valence electrons. The Bertz CT molecular complexity index is 125. The van der Waals surface area contributed by atoms with E-state index in [1.165, 1.54) is 24.9 Å². The molecule has 0 aliphatic heterocycles. The lowest BCUT2D eigenvalue weighted by molar-refractivity contribution is -0.0445. The van der Waals surface area contributed by atoms with Crippen molar-refractivity contribution < 1.29 is 18.9 Å². The first kappa shape index (κ1) is 16.3. The van der Waals surface area contributed by atoms with Crippen LogP contribution in [-0.4, -0.2) is 59.3 Å². The van der Waals surface area contributed by atoms with E-state index in [-0.39, 0.29) is 11.8 Å². The molecule has 0 aromatic heterocycles. The number of hydrogen-bond acceptors (Lipinski definition) is 4. The van der Waals surface area contributed by atoms with Crippen LogP contribution in [0.5, 0.6) is 0 Å². The van der Waals surface area contributed by atoms with Crippen molar-refractivity contribution in [3.63, 3.8) is 0 Å². The third-order valence-electron chi connectivity index (χ3n) is 2.08. The summed E-state index contributed by atoms with van der Waals surface area (Å²) in [5.74, 6) is -0.0405. The fraction of sp³-hybridized carbons (Fsp3) is 1.00. The van der Waals surface area contributed by atoms with E-state index in [4.69, 9.17) is 18.9 Å². The molecule has 6 heteroatoms. The van der Waals surface area contributed by atoms with Gasteiger partial charge in [0.1, 0.15) is 30.9 Å². The minimum Gasteiger partial charge on any atom is -0.360 e. The fourth-order valence-electron chi connectivity index (χ4n) is 1.22. The van der Waals surface area contributed by atoms with Gasteiger partial charge >= 0.3 is 0 Å². The molecule has 0 aliphatic rings. The Morgan fingerprint density at radius 2 is 1.00 bits per heavy atom. The molecule has 0 amide bonds. The minimum absolute atomic E-state index is 0.0202. The summed E-state index contributed by atoms with van der Waals surface area (Å²) in [6.45, 7) is 0. The van der Waals surface area contributed by atoms with Crippen LogP contribution in [0, 0.1) is 0 Å². The van der Waals surface area contributed by atoms with Crippen LogP contribution in [0.2, 0.25) is 12.1 Å². The van der Waals surface area contributed by atoms with Gasteiger partial charge < -0.3 is 18.9 Å². The molecule has 0 aromatic rings. The van der Waals surface area contributed by atoms with E-state index in [0.29, 0.717) is 0 Å². The van der Waals surface area contributed by atoms with Gasteiger partial charge in [-0.25, -0.2) is 0 Å². The largest absolute Gasteiger partial charge is 0.360 e. The van der Waals surface area contributed by atoms with Crippen LogP contribution < -0.4 is 0 Å². The van der Waals surface area contributed by atoms with Crippen LogP contribution in [0.25, 0.3) is 0 Å². The highest BCUT2D eigenvalue weighted by atomic mass is 28.2. The molecule has 0 aromatic carbocycles. The molecule has 0 N–H and O–H groups in total. The molecule has 0 aliphatic carbocycles. The quantitative estimate of drug-likeness (QED) is 0.318. The Balaban J connectivity index is 3.26. The average Bonchev–Trinajstić information content (AvgIpc) is 2.33. The third kappa shape index (κ3) is 8.43. The Morgan fingerprint density at radius 1 is 0.688 bits per heavy atom. The van der Waals surface area contributed by atoms with Gasteiger partial charge in [-0.15, -0.1) is 0 Å². The maximum absolute atomic E-state index is 5.13. The average molecular weight is 262 g/mol. The van der Waals surface area contributed by atoms with E-state index in [9.17, 15) is 0 Å². The summed E-state index contributed by atoms with van der Waals surface area (Å²) in [5, 5.41) is 0. The molecule has 0 fully saturated rings. The molecule has 0 unspecified atom stereocenters. The normalized spacial score (nSPS) is 11.6. The summed E-state index contributed by atoms with van der Waals surface area (Å²) in [6, 6.07) is 2.34. The summed E-state index contributed by atoms with van der Waals surface area (Å²) >= 11 is 0. The minimum atomic E-state index is -0.0202. The molecule has 0 atom stereocenters. The van der Waals surface area contributed by atoms with Gasteiger partial charge in [0.15, 0.2) is 0 Å². The van der Waals surface area contributed by atoms with Crippen molar-refractivity contribution in [3.05, 3.63) is 0 Å². The molecule has 0 saturated heterocycles. The molecule has 0 heterocycles. The van der Waals surface area contributed by atoms with Crippen molar-refractivity contribution in [3.8, 4) is 0 Å². The van der Waals surface area contributed by atoms with Crippen LogP contribution in [-0.2, 0) is 18.9 Å². The Hall–Kier alpha value is 0.274. The number of unbranched alkanes of at least 4 members (excludes halogenated alkanes) is 1. The Kier molecular flexibility index (Phi) is 12.0. The van der Waals surface area contributed by atoms with Crippen LogP contribution in [0.3, 0.4) is 0 Å². The highest BCUT2D eigenvalue weighted by molar-refractivity contribution is 6.37. The second-order valence-corrected chi connectivity index (χ2v) is 5.98. The standard InChI is InChI=1S/C10H22O4Si2/c1-11-9(12-2)15-7-5-6-8-16-10(13-3)14-4/h9-10H,5-8H2,1-4H3. The number of ether oxygens (including phenoxy) is 4. The van der Waals surface area contributed by atoms with E-state index >= 15 is 0 Å². The van der Waals surface area contributed by atoms with E-state index in [2.05, 4.69) is 0 Å². The van der Waals surface area contributed by atoms with Crippen molar-refractivity contribution in [1.29, 1.82) is 0 Å². The topological polar surface area (TPSA) is 36.9 Å². The van der Waals surface area contributed by atoms with E-state index < -0.39 is 0 Å². The van der Waals surface area contributed by atoms with Crippen LogP contribution >= 0.6 is 0 Å². The fourth-order valence-corrected chi connectivity index (χ4v) is 3.26. The van der Waals surface area contributed by atoms with Gasteiger partial charge in [0.2, 0.25) is 0 Å². The molecular formula is C10H22O4Si2. The number of methoxy groups -OCH3 is 4. The first-order chi connectivity index (χ1) is 7.78. The first-order valence-corrected chi connectivity index (χ1v) is 7.93. The van der Waals surface area contributed by atoms with E-state index in [0.717, 1.165) is 19.0 Å². The Morgan fingerprint density at radius 3 is 1.25 bits per heavy atom. The van der Waals surface area contributed by atoms with Crippen molar-refractivity contribution in [2.24, 2.45) is 0 Å². The lowest BCUT2D eigenvalue weighted by Gasteiger charge is -2.13. The molecule has 4 nitrogen and oxygen atoms in total. The zero-order valence-corrected chi connectivity index (χ0v) is 12.6. The van der Waals surface area contributed by atoms with Crippen LogP contribution in [0.1, 0.15) is 12.8 Å². The van der Waals surface area contributed by atoms with Gasteiger partial charge in [0, 0.05) is 28.4 Å². The first-order valence-electron chi connectivity index (χ1n) is 5.36. The summed E-state index contributed by atoms with van der Waals surface area (Å²) in [6.07, 6.45) is 2.43. The molecule has 0 bridgehead atoms. The second kappa shape index (κ2) is 11.8. The summed E-state index contributed by atoms with van der Waals surface area (Å²) in [4.78, 5) is 0. The molecule has 0 saturated carbocycles. The maximum atomic E-state index is 5.13. The molecule has 0 rings (SSSR count). The summed E-state index contributed by atoms with van der Waals surface area (Å²) < 4.78 is 20.5. The van der Waals surface area contributed by atoms with Gasteiger partial charge in [-0.2, -0.15) is 0 Å². The van der Waals surface area contributed by atoms with E-state index in [1.807, 2.05) is 0 Å². The highest BCUT2D eigenvalue weighted by Crippen LogP contribution is 2.04. The molecular weight excluding hydrogens is 240 g/mol. The van der Waals surface area contributed by atoms with E-state index in [1.54, 1.807) is 28.4 Å².